The molecule has 5 rings (SSSR count). The molecule has 0 bridgehead atoms. The van der Waals surface area contributed by atoms with Crippen LogP contribution in [0.25, 0.3) is 11.0 Å². The zero-order valence-electron chi connectivity index (χ0n) is 20.0. The summed E-state index contributed by atoms with van der Waals surface area (Å²) >= 11 is 6.04. The molecule has 38 heavy (non-hydrogen) atoms. The molecule has 0 spiro atoms. The van der Waals surface area contributed by atoms with E-state index in [1.54, 1.807) is 24.3 Å². The van der Waals surface area contributed by atoms with Gasteiger partial charge in [-0.1, -0.05) is 11.6 Å². The lowest BCUT2D eigenvalue weighted by atomic mass is 10.2. The smallest absolute Gasteiger partial charge is 0.475 e. The van der Waals surface area contributed by atoms with Crippen molar-refractivity contribution in [2.24, 2.45) is 0 Å². The molecule has 1 saturated carbocycles. The van der Waals surface area contributed by atoms with Crippen LogP contribution >= 0.6 is 11.6 Å². The Morgan fingerprint density at radius 2 is 1.79 bits per heavy atom. The fourth-order valence-corrected chi connectivity index (χ4v) is 4.07. The number of carbonyl (C=O) groups is 1. The van der Waals surface area contributed by atoms with Crippen molar-refractivity contribution in [3.63, 3.8) is 0 Å². The summed E-state index contributed by atoms with van der Waals surface area (Å²) in [6.45, 7) is 3.67. The van der Waals surface area contributed by atoms with Crippen molar-refractivity contribution in [3.05, 3.63) is 58.4 Å². The third-order valence-corrected chi connectivity index (χ3v) is 6.24. The van der Waals surface area contributed by atoms with Crippen LogP contribution in [0.2, 0.25) is 5.02 Å². The van der Waals surface area contributed by atoms with Crippen LogP contribution in [0, 0.1) is 17.1 Å². The Balaban J connectivity index is 0.000000426. The number of nitriles is 1. The predicted molar refractivity (Wildman–Crippen MR) is 133 cm³/mol. The number of halogens is 5. The average molecular weight is 551 g/mol. The number of alkyl halides is 3. The Kier molecular flexibility index (Phi) is 8.18. The molecule has 2 aromatic carbocycles. The summed E-state index contributed by atoms with van der Waals surface area (Å²) < 4.78 is 45.8. The molecule has 8 nitrogen and oxygen atoms in total. The molecule has 2 aliphatic rings. The van der Waals surface area contributed by atoms with Gasteiger partial charge < -0.3 is 15.3 Å². The van der Waals surface area contributed by atoms with E-state index in [-0.39, 0.29) is 5.82 Å². The summed E-state index contributed by atoms with van der Waals surface area (Å²) in [6, 6.07) is 12.7. The fourth-order valence-electron chi connectivity index (χ4n) is 3.88. The highest BCUT2D eigenvalue weighted by atomic mass is 35.5. The van der Waals surface area contributed by atoms with Gasteiger partial charge in [0.05, 0.1) is 22.7 Å². The van der Waals surface area contributed by atoms with Crippen LogP contribution in [0.15, 0.2) is 36.4 Å². The van der Waals surface area contributed by atoms with Crippen LogP contribution in [0.4, 0.5) is 29.2 Å². The highest BCUT2D eigenvalue weighted by Gasteiger charge is 2.38. The minimum absolute atomic E-state index is 0.222. The Morgan fingerprint density at radius 3 is 2.39 bits per heavy atom. The Bertz CT molecular complexity index is 1370. The molecule has 0 unspecified atom stereocenters. The first-order valence-corrected chi connectivity index (χ1v) is 12.1. The topological polar surface area (TPSA) is 105 Å². The maximum atomic E-state index is 14.1. The number of anilines is 2. The molecule has 0 amide bonds. The molecule has 1 saturated heterocycles. The molecular formula is C25H23ClF4N6O2. The zero-order chi connectivity index (χ0) is 27.4. The van der Waals surface area contributed by atoms with Crippen LogP contribution in [-0.2, 0) is 11.3 Å². The van der Waals surface area contributed by atoms with Crippen LogP contribution in [0.5, 0.6) is 0 Å². The molecule has 0 atom stereocenters. The summed E-state index contributed by atoms with van der Waals surface area (Å²) in [6.07, 6.45) is -2.81. The van der Waals surface area contributed by atoms with E-state index in [4.69, 9.17) is 31.5 Å². The normalized spacial score (nSPS) is 15.9. The third kappa shape index (κ3) is 6.99. The van der Waals surface area contributed by atoms with E-state index in [9.17, 15) is 22.8 Å². The van der Waals surface area contributed by atoms with Gasteiger partial charge in [0.1, 0.15) is 5.82 Å². The van der Waals surface area contributed by atoms with Crippen LogP contribution in [0.1, 0.15) is 24.0 Å². The van der Waals surface area contributed by atoms with E-state index >= 15 is 0 Å². The Morgan fingerprint density at radius 1 is 1.11 bits per heavy atom. The molecule has 200 valence electrons. The van der Waals surface area contributed by atoms with E-state index in [1.165, 1.54) is 6.07 Å². The minimum Gasteiger partial charge on any atom is -0.475 e. The number of hydrogen-bond acceptors (Lipinski definition) is 7. The second-order valence-electron chi connectivity index (χ2n) is 8.93. The van der Waals surface area contributed by atoms with E-state index in [0.717, 1.165) is 61.7 Å². The van der Waals surface area contributed by atoms with Gasteiger partial charge in [0.25, 0.3) is 0 Å². The second kappa shape index (κ2) is 11.4. The molecule has 1 aliphatic carbocycles. The second-order valence-corrected chi connectivity index (χ2v) is 9.37. The number of carboxylic acid groups (broad SMARTS) is 1. The van der Waals surface area contributed by atoms with Gasteiger partial charge in [0.2, 0.25) is 0 Å². The molecule has 2 heterocycles. The number of rotatable bonds is 5. The number of hydrogen-bond donors (Lipinski definition) is 2. The Hall–Kier alpha value is -3.69. The first-order valence-electron chi connectivity index (χ1n) is 11.7. The van der Waals surface area contributed by atoms with E-state index in [1.807, 2.05) is 6.07 Å². The number of piperazine rings is 1. The van der Waals surface area contributed by atoms with E-state index < -0.39 is 12.1 Å². The Labute approximate surface area is 220 Å². The van der Waals surface area contributed by atoms with Crippen LogP contribution in [-0.4, -0.2) is 64.3 Å². The summed E-state index contributed by atoms with van der Waals surface area (Å²) in [5.41, 5.74) is 2.70. The number of carboxylic acids is 1. The van der Waals surface area contributed by atoms with Gasteiger partial charge in [-0.05, 0) is 49.2 Å². The molecule has 1 aromatic heterocycles. The number of aromatic nitrogens is 2. The fraction of sp³-hybridized carbons (Fsp3) is 0.360. The van der Waals surface area contributed by atoms with E-state index in [2.05, 4.69) is 21.2 Å². The first kappa shape index (κ1) is 27.3. The lowest BCUT2D eigenvalue weighted by Crippen LogP contribution is -2.46. The number of nitrogens with one attached hydrogen (secondary N) is 1. The largest absolute Gasteiger partial charge is 0.490 e. The van der Waals surface area contributed by atoms with Crippen molar-refractivity contribution in [1.82, 2.24) is 14.9 Å². The predicted octanol–water partition coefficient (Wildman–Crippen LogP) is 4.82. The van der Waals surface area contributed by atoms with Gasteiger partial charge in [-0.15, -0.1) is 0 Å². The van der Waals surface area contributed by atoms with Gasteiger partial charge in [0, 0.05) is 49.4 Å². The molecule has 0 radical (unpaired) electrons. The van der Waals surface area contributed by atoms with Crippen molar-refractivity contribution >= 4 is 40.2 Å². The molecule has 3 aromatic rings. The van der Waals surface area contributed by atoms with Crippen molar-refractivity contribution in [2.45, 2.75) is 31.6 Å². The van der Waals surface area contributed by atoms with Crippen molar-refractivity contribution in [3.8, 4) is 6.07 Å². The summed E-state index contributed by atoms with van der Waals surface area (Å²) in [4.78, 5) is 23.0. The minimum atomic E-state index is -5.08. The average Bonchev–Trinajstić information content (AvgIpc) is 3.70. The van der Waals surface area contributed by atoms with E-state index in [0.29, 0.717) is 28.7 Å². The van der Waals surface area contributed by atoms with Crippen molar-refractivity contribution in [1.29, 1.82) is 5.26 Å². The van der Waals surface area contributed by atoms with Gasteiger partial charge in [-0.2, -0.15) is 18.4 Å². The summed E-state index contributed by atoms with van der Waals surface area (Å²) in [5, 5.41) is 20.4. The molecular weight excluding hydrogens is 528 g/mol. The zero-order valence-corrected chi connectivity index (χ0v) is 20.7. The van der Waals surface area contributed by atoms with Gasteiger partial charge in [-0.3, -0.25) is 4.90 Å². The molecule has 1 aliphatic heterocycles. The monoisotopic (exact) mass is 550 g/mol. The number of fused-ring (bicyclic) bond motifs is 1. The third-order valence-electron chi connectivity index (χ3n) is 6.01. The number of benzene rings is 2. The highest BCUT2D eigenvalue weighted by Crippen LogP contribution is 2.31. The maximum Gasteiger partial charge on any atom is 0.490 e. The lowest BCUT2D eigenvalue weighted by molar-refractivity contribution is -0.192. The van der Waals surface area contributed by atoms with Gasteiger partial charge >= 0.3 is 12.1 Å². The first-order chi connectivity index (χ1) is 18.0. The van der Waals surface area contributed by atoms with Crippen molar-refractivity contribution < 1.29 is 27.5 Å². The lowest BCUT2D eigenvalue weighted by Gasteiger charge is -2.36. The quantitative estimate of drug-likeness (QED) is 0.436. The molecule has 13 heteroatoms. The van der Waals surface area contributed by atoms with Crippen molar-refractivity contribution in [2.75, 3.05) is 36.4 Å². The maximum absolute atomic E-state index is 14.1. The summed E-state index contributed by atoms with van der Waals surface area (Å²) in [5.74, 6) is -1.36. The molecule has 2 fully saturated rings. The number of nitrogens with zero attached hydrogens (tertiary/aromatic N) is 5. The number of aliphatic carboxylic acids is 1. The summed E-state index contributed by atoms with van der Waals surface area (Å²) in [7, 11) is 0. The van der Waals surface area contributed by atoms with Crippen LogP contribution < -0.4 is 10.2 Å². The van der Waals surface area contributed by atoms with Gasteiger partial charge in [-0.25, -0.2) is 19.2 Å². The standard InChI is InChI=1S/C23H22ClFN6.C2HF3O2/c24-17-2-5-19(25)16(12-17)14-30-7-9-31(10-8-30)23-22(27-18-3-4-18)28-21-11-15(13-26)1-6-20(21)29-23;3-2(4,5)1(6)7/h1-2,5-6,11-12,18H,3-4,7-10,14H2,(H,27,28);(H,6,7). The van der Waals surface area contributed by atoms with Gasteiger partial charge in [0.15, 0.2) is 11.6 Å². The highest BCUT2D eigenvalue weighted by molar-refractivity contribution is 6.30. The van der Waals surface area contributed by atoms with Crippen LogP contribution in [0.3, 0.4) is 0 Å². The molecule has 2 N–H and O–H groups in total. The SMILES string of the molecule is N#Cc1ccc2nc(N3CCN(Cc4cc(Cl)ccc4F)CC3)c(NC3CC3)nc2c1.O=C(O)C(F)(F)F.